The zero-order valence-corrected chi connectivity index (χ0v) is 13.5. The third-order valence-corrected chi connectivity index (χ3v) is 3.79. The monoisotopic (exact) mass is 327 g/mol. The van der Waals surface area contributed by atoms with E-state index < -0.39 is 0 Å². The van der Waals surface area contributed by atoms with Crippen molar-refractivity contribution in [1.29, 1.82) is 0 Å². The van der Waals surface area contributed by atoms with E-state index in [2.05, 4.69) is 15.2 Å². The highest BCUT2D eigenvalue weighted by atomic mass is 35.5. The van der Waals surface area contributed by atoms with Crippen LogP contribution in [0.4, 0.5) is 5.69 Å². The summed E-state index contributed by atoms with van der Waals surface area (Å²) in [5, 5.41) is 5.12. The minimum Gasteiger partial charge on any atom is -0.494 e. The molecule has 3 rings (SSSR count). The zero-order chi connectivity index (χ0) is 13.9. The molecule has 1 aliphatic heterocycles. The molecule has 0 atom stereocenters. The minimum atomic E-state index is 0. The predicted molar refractivity (Wildman–Crippen MR) is 90.3 cm³/mol. The Hall–Kier alpha value is -1.23. The Bertz CT molecular complexity index is 615. The van der Waals surface area contributed by atoms with Crippen LogP contribution < -0.4 is 15.0 Å². The second kappa shape index (κ2) is 7.16. The van der Waals surface area contributed by atoms with Crippen LogP contribution in [0.5, 0.6) is 5.75 Å². The average Bonchev–Trinajstić information content (AvgIpc) is 2.48. The number of pyridine rings is 1. The van der Waals surface area contributed by atoms with Gasteiger partial charge in [-0.25, -0.2) is 0 Å². The Morgan fingerprint density at radius 3 is 2.81 bits per heavy atom. The van der Waals surface area contributed by atoms with Gasteiger partial charge in [0.2, 0.25) is 0 Å². The smallest absolute Gasteiger partial charge is 0.120 e. The number of piperazine rings is 1. The Morgan fingerprint density at radius 1 is 1.33 bits per heavy atom. The van der Waals surface area contributed by atoms with Crippen LogP contribution in [-0.2, 0) is 0 Å². The lowest BCUT2D eigenvalue weighted by Gasteiger charge is -2.31. The van der Waals surface area contributed by atoms with E-state index in [1.54, 1.807) is 6.20 Å². The van der Waals surface area contributed by atoms with Gasteiger partial charge in [-0.05, 0) is 25.1 Å². The van der Waals surface area contributed by atoms with E-state index in [0.29, 0.717) is 11.6 Å². The van der Waals surface area contributed by atoms with E-state index in [9.17, 15) is 0 Å². The molecule has 1 fully saturated rings. The largest absolute Gasteiger partial charge is 0.494 e. The van der Waals surface area contributed by atoms with Gasteiger partial charge in [0, 0.05) is 37.8 Å². The summed E-state index contributed by atoms with van der Waals surface area (Å²) in [6.45, 7) is 6.51. The maximum atomic E-state index is 6.40. The molecule has 1 aromatic heterocycles. The summed E-state index contributed by atoms with van der Waals surface area (Å²) in [5.41, 5.74) is 2.02. The van der Waals surface area contributed by atoms with E-state index >= 15 is 0 Å². The molecule has 1 saturated heterocycles. The van der Waals surface area contributed by atoms with Crippen LogP contribution in [-0.4, -0.2) is 37.8 Å². The lowest BCUT2D eigenvalue weighted by molar-refractivity contribution is 0.340. The minimum absolute atomic E-state index is 0. The Kier molecular flexibility index (Phi) is 5.51. The number of hydrogen-bond acceptors (Lipinski definition) is 4. The molecule has 2 heterocycles. The molecule has 1 aromatic carbocycles. The van der Waals surface area contributed by atoms with Crippen molar-refractivity contribution in [1.82, 2.24) is 10.3 Å². The first-order chi connectivity index (χ1) is 9.79. The van der Waals surface area contributed by atoms with Crippen LogP contribution in [0.1, 0.15) is 6.92 Å². The van der Waals surface area contributed by atoms with Crippen molar-refractivity contribution in [3.05, 3.63) is 29.4 Å². The van der Waals surface area contributed by atoms with E-state index in [0.717, 1.165) is 48.5 Å². The first-order valence-corrected chi connectivity index (χ1v) is 7.34. The molecule has 0 spiro atoms. The van der Waals surface area contributed by atoms with E-state index in [1.807, 2.05) is 25.1 Å². The van der Waals surface area contributed by atoms with Gasteiger partial charge in [-0.15, -0.1) is 12.4 Å². The first kappa shape index (κ1) is 16.1. The van der Waals surface area contributed by atoms with Crippen LogP contribution >= 0.6 is 24.0 Å². The van der Waals surface area contributed by atoms with Crippen LogP contribution in [0.15, 0.2) is 24.4 Å². The Labute approximate surface area is 135 Å². The van der Waals surface area contributed by atoms with Gasteiger partial charge in [0.25, 0.3) is 0 Å². The van der Waals surface area contributed by atoms with E-state index in [-0.39, 0.29) is 12.4 Å². The summed E-state index contributed by atoms with van der Waals surface area (Å²) in [7, 11) is 0. The molecule has 0 saturated carbocycles. The van der Waals surface area contributed by atoms with Gasteiger partial charge in [0.05, 0.1) is 22.8 Å². The van der Waals surface area contributed by atoms with Gasteiger partial charge < -0.3 is 15.0 Å². The first-order valence-electron chi connectivity index (χ1n) is 6.96. The molecule has 2 aromatic rings. The molecule has 0 unspecified atom stereocenters. The molecule has 0 aliphatic carbocycles. The lowest BCUT2D eigenvalue weighted by Crippen LogP contribution is -2.43. The van der Waals surface area contributed by atoms with Crippen molar-refractivity contribution in [3.8, 4) is 5.75 Å². The van der Waals surface area contributed by atoms with Crippen LogP contribution in [0.3, 0.4) is 0 Å². The maximum absolute atomic E-state index is 6.40. The van der Waals surface area contributed by atoms with Crippen LogP contribution in [0, 0.1) is 0 Å². The number of rotatable bonds is 3. The average molecular weight is 328 g/mol. The summed E-state index contributed by atoms with van der Waals surface area (Å²) in [5.74, 6) is 0.862. The maximum Gasteiger partial charge on any atom is 0.120 e. The van der Waals surface area contributed by atoms with Gasteiger partial charge in [-0.3, -0.25) is 4.98 Å². The molecule has 114 valence electrons. The molecular formula is C15H19Cl2N3O. The number of nitrogens with zero attached hydrogens (tertiary/aromatic N) is 2. The van der Waals surface area contributed by atoms with Crippen molar-refractivity contribution in [3.63, 3.8) is 0 Å². The van der Waals surface area contributed by atoms with Crippen LogP contribution in [0.25, 0.3) is 10.9 Å². The topological polar surface area (TPSA) is 37.4 Å². The fourth-order valence-corrected chi connectivity index (χ4v) is 2.87. The fourth-order valence-electron chi connectivity index (χ4n) is 2.60. The summed E-state index contributed by atoms with van der Waals surface area (Å²) in [6, 6.07) is 5.98. The van der Waals surface area contributed by atoms with Crippen LogP contribution in [0.2, 0.25) is 5.02 Å². The number of fused-ring (bicyclic) bond motifs is 1. The standard InChI is InChI=1S/C15H18ClN3O.ClH/c1-2-20-11-3-4-14-12(9-11)15(13(16)10-18-14)19-7-5-17-6-8-19;/h3-4,9-10,17H,2,5-8H2,1H3;1H. The highest BCUT2D eigenvalue weighted by Gasteiger charge is 2.17. The van der Waals surface area contributed by atoms with Gasteiger partial charge in [-0.1, -0.05) is 11.6 Å². The van der Waals surface area contributed by atoms with Gasteiger partial charge >= 0.3 is 0 Å². The van der Waals surface area contributed by atoms with Gasteiger partial charge in [-0.2, -0.15) is 0 Å². The summed E-state index contributed by atoms with van der Waals surface area (Å²) in [4.78, 5) is 6.73. The second-order valence-corrected chi connectivity index (χ2v) is 5.21. The number of anilines is 1. The Morgan fingerprint density at radius 2 is 2.10 bits per heavy atom. The Balaban J connectivity index is 0.00000161. The number of ether oxygens (including phenoxy) is 1. The SMILES string of the molecule is CCOc1ccc2ncc(Cl)c(N3CCNCC3)c2c1.Cl. The molecule has 0 amide bonds. The van der Waals surface area contributed by atoms with Crippen molar-refractivity contribution in [2.24, 2.45) is 0 Å². The van der Waals surface area contributed by atoms with E-state index in [1.165, 1.54) is 0 Å². The number of hydrogen-bond donors (Lipinski definition) is 1. The highest BCUT2D eigenvalue weighted by Crippen LogP contribution is 2.35. The second-order valence-electron chi connectivity index (χ2n) is 4.80. The lowest BCUT2D eigenvalue weighted by atomic mass is 10.1. The van der Waals surface area contributed by atoms with Crippen molar-refractivity contribution < 1.29 is 4.74 Å². The van der Waals surface area contributed by atoms with Gasteiger partial charge in [0.15, 0.2) is 0 Å². The molecule has 4 nitrogen and oxygen atoms in total. The third kappa shape index (κ3) is 3.34. The molecular weight excluding hydrogens is 309 g/mol. The molecule has 1 N–H and O–H groups in total. The normalized spacial score (nSPS) is 14.9. The van der Waals surface area contributed by atoms with Crippen molar-refractivity contribution in [2.45, 2.75) is 6.92 Å². The zero-order valence-electron chi connectivity index (χ0n) is 11.9. The number of nitrogens with one attached hydrogen (secondary N) is 1. The molecule has 0 bridgehead atoms. The van der Waals surface area contributed by atoms with Crippen molar-refractivity contribution in [2.75, 3.05) is 37.7 Å². The number of benzene rings is 1. The number of aromatic nitrogens is 1. The quantitative estimate of drug-likeness (QED) is 0.939. The van der Waals surface area contributed by atoms with Gasteiger partial charge in [0.1, 0.15) is 5.75 Å². The fraction of sp³-hybridized carbons (Fsp3) is 0.400. The summed E-state index contributed by atoms with van der Waals surface area (Å²) in [6.07, 6.45) is 1.74. The summed E-state index contributed by atoms with van der Waals surface area (Å²) < 4.78 is 5.59. The molecule has 1 aliphatic rings. The molecule has 0 radical (unpaired) electrons. The molecule has 21 heavy (non-hydrogen) atoms. The predicted octanol–water partition coefficient (Wildman–Crippen LogP) is 3.12. The van der Waals surface area contributed by atoms with Crippen molar-refractivity contribution >= 4 is 40.6 Å². The number of halogens is 2. The molecule has 6 heteroatoms. The summed E-state index contributed by atoms with van der Waals surface area (Å²) >= 11 is 6.40. The van der Waals surface area contributed by atoms with E-state index in [4.69, 9.17) is 16.3 Å². The highest BCUT2D eigenvalue weighted by molar-refractivity contribution is 6.34. The third-order valence-electron chi connectivity index (χ3n) is 3.51.